The Labute approximate surface area is 184 Å². The van der Waals surface area contributed by atoms with E-state index in [1.807, 2.05) is 59.4 Å². The third kappa shape index (κ3) is 7.49. The van der Waals surface area contributed by atoms with Crippen LogP contribution in [0, 0.1) is 0 Å². The average Bonchev–Trinajstić information content (AvgIpc) is 3.13. The molecule has 7 nitrogen and oxygen atoms in total. The number of halogens is 1. The number of hydrogen-bond acceptors (Lipinski definition) is 3. The first-order valence-electron chi connectivity index (χ1n) is 9.29. The lowest BCUT2D eigenvalue weighted by atomic mass is 10.3. The van der Waals surface area contributed by atoms with Gasteiger partial charge in [0.15, 0.2) is 5.96 Å². The summed E-state index contributed by atoms with van der Waals surface area (Å²) >= 11 is 0. The standard InChI is InChI=1S/C20H30N6O.HI/c1-5-6-12-21-20(22-14-19(27)24(2)3)25(4)15-17-13-23-26(16-17)18-10-8-7-9-11-18;/h7-11,13,16H,5-6,12,14-15H2,1-4H3,(H,21,22);1H. The number of guanidine groups is 1. The summed E-state index contributed by atoms with van der Waals surface area (Å²) in [4.78, 5) is 19.9. The SMILES string of the molecule is CCCCNC(=NCC(=O)N(C)C)N(C)Cc1cnn(-c2ccccc2)c1.I. The molecule has 28 heavy (non-hydrogen) atoms. The van der Waals surface area contributed by atoms with Crippen LogP contribution in [0.5, 0.6) is 0 Å². The molecule has 0 aliphatic heterocycles. The van der Waals surface area contributed by atoms with Crippen molar-refractivity contribution in [1.82, 2.24) is 24.9 Å². The summed E-state index contributed by atoms with van der Waals surface area (Å²) in [5.74, 6) is 0.709. The van der Waals surface area contributed by atoms with Crippen molar-refractivity contribution < 1.29 is 4.79 Å². The number of unbranched alkanes of at least 4 members (excludes halogenated alkanes) is 1. The third-order valence-electron chi connectivity index (χ3n) is 4.11. The Morgan fingerprint density at radius 2 is 1.93 bits per heavy atom. The lowest BCUT2D eigenvalue weighted by Gasteiger charge is -2.22. The minimum absolute atomic E-state index is 0. The molecule has 1 amide bonds. The van der Waals surface area contributed by atoms with Crippen LogP contribution in [0.1, 0.15) is 25.3 Å². The van der Waals surface area contributed by atoms with Crippen LogP contribution in [0.3, 0.4) is 0 Å². The number of nitrogens with zero attached hydrogens (tertiary/aromatic N) is 5. The maximum atomic E-state index is 11.9. The van der Waals surface area contributed by atoms with Crippen molar-refractivity contribution in [3.8, 4) is 5.69 Å². The van der Waals surface area contributed by atoms with E-state index in [1.165, 1.54) is 0 Å². The highest BCUT2D eigenvalue weighted by atomic mass is 127. The Morgan fingerprint density at radius 3 is 2.57 bits per heavy atom. The van der Waals surface area contributed by atoms with Crippen molar-refractivity contribution in [2.24, 2.45) is 4.99 Å². The summed E-state index contributed by atoms with van der Waals surface area (Å²) in [6.07, 6.45) is 6.03. The third-order valence-corrected chi connectivity index (χ3v) is 4.11. The number of rotatable bonds is 8. The lowest BCUT2D eigenvalue weighted by molar-refractivity contribution is -0.127. The quantitative estimate of drug-likeness (QED) is 0.263. The van der Waals surface area contributed by atoms with Crippen molar-refractivity contribution in [3.63, 3.8) is 0 Å². The van der Waals surface area contributed by atoms with Gasteiger partial charge in [0, 0.05) is 46.0 Å². The van der Waals surface area contributed by atoms with Crippen LogP contribution in [0.2, 0.25) is 0 Å². The molecule has 0 saturated heterocycles. The zero-order chi connectivity index (χ0) is 19.6. The molecule has 0 bridgehead atoms. The van der Waals surface area contributed by atoms with Crippen LogP contribution < -0.4 is 5.32 Å². The number of carbonyl (C=O) groups is 1. The molecule has 1 heterocycles. The van der Waals surface area contributed by atoms with Gasteiger partial charge in [-0.15, -0.1) is 24.0 Å². The number of amides is 1. The Bertz CT molecular complexity index is 744. The molecule has 0 aliphatic rings. The first-order chi connectivity index (χ1) is 13.0. The molecule has 1 aromatic carbocycles. The molecule has 1 N–H and O–H groups in total. The highest BCUT2D eigenvalue weighted by molar-refractivity contribution is 14.0. The predicted molar refractivity (Wildman–Crippen MR) is 124 cm³/mol. The number of likely N-dealkylation sites (N-methyl/N-ethyl adjacent to an activating group) is 1. The maximum Gasteiger partial charge on any atom is 0.243 e. The molecule has 2 rings (SSSR count). The van der Waals surface area contributed by atoms with Crippen molar-refractivity contribution in [2.75, 3.05) is 34.2 Å². The molecule has 2 aromatic rings. The van der Waals surface area contributed by atoms with Gasteiger partial charge in [0.25, 0.3) is 0 Å². The number of aliphatic imine (C=N–C) groups is 1. The zero-order valence-corrected chi connectivity index (χ0v) is 19.5. The van der Waals surface area contributed by atoms with Gasteiger partial charge in [-0.25, -0.2) is 9.67 Å². The fourth-order valence-electron chi connectivity index (χ4n) is 2.48. The van der Waals surface area contributed by atoms with Gasteiger partial charge in [-0.05, 0) is 18.6 Å². The van der Waals surface area contributed by atoms with E-state index in [9.17, 15) is 4.79 Å². The summed E-state index contributed by atoms with van der Waals surface area (Å²) in [7, 11) is 5.45. The number of carbonyl (C=O) groups excluding carboxylic acids is 1. The van der Waals surface area contributed by atoms with E-state index in [2.05, 4.69) is 22.3 Å². The topological polar surface area (TPSA) is 65.8 Å². The summed E-state index contributed by atoms with van der Waals surface area (Å²) in [6.45, 7) is 3.77. The van der Waals surface area contributed by atoms with E-state index in [0.29, 0.717) is 6.54 Å². The van der Waals surface area contributed by atoms with Gasteiger partial charge in [0.2, 0.25) is 5.91 Å². The Kier molecular flexibility index (Phi) is 10.6. The fourth-order valence-corrected chi connectivity index (χ4v) is 2.48. The number of nitrogens with one attached hydrogen (secondary N) is 1. The van der Waals surface area contributed by atoms with Crippen molar-refractivity contribution in [2.45, 2.75) is 26.3 Å². The van der Waals surface area contributed by atoms with E-state index in [4.69, 9.17) is 0 Å². The van der Waals surface area contributed by atoms with E-state index >= 15 is 0 Å². The molecular weight excluding hydrogens is 467 g/mol. The summed E-state index contributed by atoms with van der Waals surface area (Å²) in [6, 6.07) is 10.0. The minimum atomic E-state index is -0.0184. The predicted octanol–water partition coefficient (Wildman–Crippen LogP) is 2.76. The van der Waals surface area contributed by atoms with Crippen molar-refractivity contribution >= 4 is 35.8 Å². The highest BCUT2D eigenvalue weighted by Crippen LogP contribution is 2.09. The van der Waals surface area contributed by atoms with E-state index in [0.717, 1.165) is 36.6 Å². The van der Waals surface area contributed by atoms with Gasteiger partial charge < -0.3 is 15.1 Å². The second-order valence-corrected chi connectivity index (χ2v) is 6.69. The second kappa shape index (κ2) is 12.4. The van der Waals surface area contributed by atoms with Crippen LogP contribution in [0.15, 0.2) is 47.7 Å². The van der Waals surface area contributed by atoms with Gasteiger partial charge in [0.05, 0.1) is 11.9 Å². The molecule has 1 aromatic heterocycles. The monoisotopic (exact) mass is 498 g/mol. The molecule has 8 heteroatoms. The minimum Gasteiger partial charge on any atom is -0.356 e. The van der Waals surface area contributed by atoms with Gasteiger partial charge >= 0.3 is 0 Å². The Hall–Kier alpha value is -2.10. The molecule has 0 spiro atoms. The molecule has 0 unspecified atom stereocenters. The normalized spacial score (nSPS) is 10.9. The van der Waals surface area contributed by atoms with Crippen LogP contribution in [0.4, 0.5) is 0 Å². The molecule has 0 saturated carbocycles. The van der Waals surface area contributed by atoms with Crippen LogP contribution >= 0.6 is 24.0 Å². The number of hydrogen-bond donors (Lipinski definition) is 1. The Balaban J connectivity index is 0.00000392. The van der Waals surface area contributed by atoms with E-state index in [-0.39, 0.29) is 36.4 Å². The zero-order valence-electron chi connectivity index (χ0n) is 17.1. The van der Waals surface area contributed by atoms with Gasteiger partial charge in [-0.2, -0.15) is 5.10 Å². The second-order valence-electron chi connectivity index (χ2n) is 6.69. The summed E-state index contributed by atoms with van der Waals surface area (Å²) in [5.41, 5.74) is 2.10. The van der Waals surface area contributed by atoms with Gasteiger partial charge in [-0.3, -0.25) is 4.79 Å². The van der Waals surface area contributed by atoms with Crippen LogP contribution in [-0.2, 0) is 11.3 Å². The summed E-state index contributed by atoms with van der Waals surface area (Å²) in [5, 5.41) is 7.79. The number of para-hydroxylation sites is 1. The number of aromatic nitrogens is 2. The summed E-state index contributed by atoms with van der Waals surface area (Å²) < 4.78 is 1.86. The van der Waals surface area contributed by atoms with Crippen LogP contribution in [-0.4, -0.2) is 65.7 Å². The Morgan fingerprint density at radius 1 is 1.21 bits per heavy atom. The molecule has 0 aliphatic carbocycles. The first-order valence-corrected chi connectivity index (χ1v) is 9.29. The van der Waals surface area contributed by atoms with Crippen molar-refractivity contribution in [1.29, 1.82) is 0 Å². The average molecular weight is 498 g/mol. The molecular formula is C20H31IN6O. The molecule has 154 valence electrons. The van der Waals surface area contributed by atoms with E-state index in [1.54, 1.807) is 19.0 Å². The van der Waals surface area contributed by atoms with E-state index < -0.39 is 0 Å². The number of benzene rings is 1. The molecule has 0 radical (unpaired) electrons. The van der Waals surface area contributed by atoms with Gasteiger partial charge in [0.1, 0.15) is 6.54 Å². The highest BCUT2D eigenvalue weighted by Gasteiger charge is 2.11. The largest absolute Gasteiger partial charge is 0.356 e. The fraction of sp³-hybridized carbons (Fsp3) is 0.450. The maximum absolute atomic E-state index is 11.9. The molecule has 0 atom stereocenters. The molecule has 0 fully saturated rings. The first kappa shape index (κ1) is 23.9. The van der Waals surface area contributed by atoms with Crippen LogP contribution in [0.25, 0.3) is 5.69 Å². The van der Waals surface area contributed by atoms with Gasteiger partial charge in [-0.1, -0.05) is 31.5 Å². The smallest absolute Gasteiger partial charge is 0.243 e. The van der Waals surface area contributed by atoms with Crippen molar-refractivity contribution in [3.05, 3.63) is 48.3 Å². The lowest BCUT2D eigenvalue weighted by Crippen LogP contribution is -2.40.